The summed E-state index contributed by atoms with van der Waals surface area (Å²) < 4.78 is 22.3. The first kappa shape index (κ1) is 17.1. The molecule has 0 aromatic heterocycles. The summed E-state index contributed by atoms with van der Waals surface area (Å²) in [5.74, 6) is -0.569. The van der Waals surface area contributed by atoms with Crippen LogP contribution in [0.15, 0.2) is 41.3 Å². The molecule has 2 aromatic rings. The van der Waals surface area contributed by atoms with Gasteiger partial charge in [-0.1, -0.05) is 34.8 Å². The number of primary sulfonamides is 1. The summed E-state index contributed by atoms with van der Waals surface area (Å²) in [6, 6.07) is 8.25. The second kappa shape index (κ2) is 6.44. The molecule has 3 N–H and O–H groups in total. The average molecular weight is 380 g/mol. The van der Waals surface area contributed by atoms with Crippen LogP contribution in [-0.2, 0) is 10.0 Å². The van der Waals surface area contributed by atoms with Gasteiger partial charge in [0.2, 0.25) is 10.0 Å². The Hall–Kier alpha value is -1.31. The van der Waals surface area contributed by atoms with Gasteiger partial charge in [0, 0.05) is 5.69 Å². The predicted molar refractivity (Wildman–Crippen MR) is 87.2 cm³/mol. The highest BCUT2D eigenvalue weighted by Crippen LogP contribution is 2.32. The Morgan fingerprint density at radius 1 is 0.955 bits per heavy atom. The molecule has 1 amide bonds. The lowest BCUT2D eigenvalue weighted by atomic mass is 10.2. The summed E-state index contributed by atoms with van der Waals surface area (Å²) in [5, 5.41) is 7.91. The van der Waals surface area contributed by atoms with Crippen LogP contribution in [-0.4, -0.2) is 14.3 Å². The van der Waals surface area contributed by atoms with E-state index in [0.29, 0.717) is 5.69 Å². The van der Waals surface area contributed by atoms with Gasteiger partial charge >= 0.3 is 0 Å². The lowest BCUT2D eigenvalue weighted by Gasteiger charge is -2.10. The molecule has 2 aromatic carbocycles. The van der Waals surface area contributed by atoms with Crippen LogP contribution < -0.4 is 10.5 Å². The molecular formula is C13H9Cl3N2O3S. The zero-order valence-corrected chi connectivity index (χ0v) is 13.9. The number of hydrogen-bond acceptors (Lipinski definition) is 3. The number of nitrogens with two attached hydrogens (primary N) is 1. The summed E-state index contributed by atoms with van der Waals surface area (Å²) in [4.78, 5) is 12.1. The first-order valence-corrected chi connectivity index (χ1v) is 8.46. The molecule has 116 valence electrons. The maximum absolute atomic E-state index is 12.2. The number of carbonyl (C=O) groups excluding carboxylic acids is 1. The highest BCUT2D eigenvalue weighted by atomic mass is 35.5. The van der Waals surface area contributed by atoms with E-state index in [0.717, 1.165) is 0 Å². The normalized spacial score (nSPS) is 11.3. The van der Waals surface area contributed by atoms with E-state index in [4.69, 9.17) is 39.9 Å². The molecule has 0 bridgehead atoms. The molecule has 2 rings (SSSR count). The molecular weight excluding hydrogens is 371 g/mol. The van der Waals surface area contributed by atoms with Crippen LogP contribution in [0.1, 0.15) is 10.4 Å². The van der Waals surface area contributed by atoms with Crippen LogP contribution >= 0.6 is 34.8 Å². The summed E-state index contributed by atoms with van der Waals surface area (Å²) >= 11 is 17.8. The monoisotopic (exact) mass is 378 g/mol. The van der Waals surface area contributed by atoms with Crippen molar-refractivity contribution < 1.29 is 13.2 Å². The first-order valence-electron chi connectivity index (χ1n) is 5.78. The molecule has 0 aliphatic carbocycles. The van der Waals surface area contributed by atoms with Crippen LogP contribution in [0.5, 0.6) is 0 Å². The van der Waals surface area contributed by atoms with Gasteiger partial charge in [-0.2, -0.15) is 0 Å². The van der Waals surface area contributed by atoms with Crippen LogP contribution in [0.2, 0.25) is 15.1 Å². The summed E-state index contributed by atoms with van der Waals surface area (Å²) in [5.41, 5.74) is 0.385. The van der Waals surface area contributed by atoms with Gasteiger partial charge in [0.05, 0.1) is 25.5 Å². The smallest absolute Gasteiger partial charge is 0.258 e. The Bertz CT molecular complexity index is 836. The van der Waals surface area contributed by atoms with Crippen molar-refractivity contribution >= 4 is 56.4 Å². The summed E-state index contributed by atoms with van der Waals surface area (Å²) in [6.07, 6.45) is 0. The van der Waals surface area contributed by atoms with Crippen molar-refractivity contribution in [3.63, 3.8) is 0 Å². The number of halogens is 3. The fourth-order valence-electron chi connectivity index (χ4n) is 1.66. The van der Waals surface area contributed by atoms with Crippen LogP contribution in [0, 0.1) is 0 Å². The third kappa shape index (κ3) is 3.71. The third-order valence-corrected chi connectivity index (χ3v) is 4.76. The SMILES string of the molecule is NS(=O)(=O)c1ccc(NC(=O)c2c(Cl)ccc(Cl)c2Cl)cc1. The topological polar surface area (TPSA) is 89.3 Å². The maximum Gasteiger partial charge on any atom is 0.258 e. The van der Waals surface area contributed by atoms with E-state index >= 15 is 0 Å². The Morgan fingerprint density at radius 2 is 1.50 bits per heavy atom. The lowest BCUT2D eigenvalue weighted by molar-refractivity contribution is 0.102. The molecule has 0 atom stereocenters. The van der Waals surface area contributed by atoms with Gasteiger partial charge in [-0.05, 0) is 36.4 Å². The number of carbonyl (C=O) groups is 1. The van der Waals surface area contributed by atoms with Crippen molar-refractivity contribution in [2.24, 2.45) is 5.14 Å². The van der Waals surface area contributed by atoms with Crippen LogP contribution in [0.25, 0.3) is 0 Å². The van der Waals surface area contributed by atoms with Crippen molar-refractivity contribution in [1.29, 1.82) is 0 Å². The molecule has 0 fully saturated rings. The molecule has 0 unspecified atom stereocenters. The molecule has 9 heteroatoms. The number of amides is 1. The molecule has 0 heterocycles. The number of hydrogen-bond donors (Lipinski definition) is 2. The minimum atomic E-state index is -3.79. The van der Waals surface area contributed by atoms with E-state index < -0.39 is 15.9 Å². The van der Waals surface area contributed by atoms with Gasteiger partial charge in [0.15, 0.2) is 0 Å². The highest BCUT2D eigenvalue weighted by Gasteiger charge is 2.17. The van der Waals surface area contributed by atoms with Gasteiger partial charge in [0.1, 0.15) is 0 Å². The Kier molecular flexibility index (Phi) is 4.99. The van der Waals surface area contributed by atoms with E-state index in [1.54, 1.807) is 0 Å². The Balaban J connectivity index is 2.29. The van der Waals surface area contributed by atoms with E-state index in [9.17, 15) is 13.2 Å². The van der Waals surface area contributed by atoms with E-state index in [-0.39, 0.29) is 25.5 Å². The van der Waals surface area contributed by atoms with E-state index in [2.05, 4.69) is 5.32 Å². The molecule has 0 saturated heterocycles. The second-order valence-corrected chi connectivity index (χ2v) is 7.00. The number of rotatable bonds is 3. The second-order valence-electron chi connectivity index (χ2n) is 4.24. The fourth-order valence-corrected chi connectivity index (χ4v) is 2.87. The number of sulfonamides is 1. The van der Waals surface area contributed by atoms with Crippen molar-refractivity contribution in [3.05, 3.63) is 57.0 Å². The van der Waals surface area contributed by atoms with Gasteiger partial charge in [-0.25, -0.2) is 13.6 Å². The first-order chi connectivity index (χ1) is 10.2. The van der Waals surface area contributed by atoms with Crippen LogP contribution in [0.3, 0.4) is 0 Å². The Morgan fingerprint density at radius 3 is 2.05 bits per heavy atom. The van der Waals surface area contributed by atoms with E-state index in [1.807, 2.05) is 0 Å². The number of benzene rings is 2. The number of anilines is 1. The quantitative estimate of drug-likeness (QED) is 0.799. The fraction of sp³-hybridized carbons (Fsp3) is 0. The zero-order chi connectivity index (χ0) is 16.5. The molecule has 22 heavy (non-hydrogen) atoms. The minimum Gasteiger partial charge on any atom is -0.322 e. The third-order valence-electron chi connectivity index (χ3n) is 2.71. The maximum atomic E-state index is 12.2. The molecule has 0 aliphatic rings. The van der Waals surface area contributed by atoms with Crippen molar-refractivity contribution in [3.8, 4) is 0 Å². The standard InChI is InChI=1S/C13H9Cl3N2O3S/c14-9-5-6-10(15)12(16)11(9)13(19)18-7-1-3-8(4-2-7)22(17,20)21/h1-6H,(H,18,19)(H2,17,20,21). The van der Waals surface area contributed by atoms with Crippen molar-refractivity contribution in [2.45, 2.75) is 4.90 Å². The lowest BCUT2D eigenvalue weighted by Crippen LogP contribution is -2.14. The van der Waals surface area contributed by atoms with Gasteiger partial charge in [-0.15, -0.1) is 0 Å². The minimum absolute atomic E-state index is 0.0337. The van der Waals surface area contributed by atoms with Gasteiger partial charge in [0.25, 0.3) is 5.91 Å². The number of nitrogens with one attached hydrogen (secondary N) is 1. The van der Waals surface area contributed by atoms with Gasteiger partial charge in [-0.3, -0.25) is 4.79 Å². The Labute approximate surface area is 142 Å². The van der Waals surface area contributed by atoms with Crippen LogP contribution in [0.4, 0.5) is 5.69 Å². The molecule has 0 spiro atoms. The zero-order valence-electron chi connectivity index (χ0n) is 10.8. The summed E-state index contributed by atoms with van der Waals surface area (Å²) in [6.45, 7) is 0. The highest BCUT2D eigenvalue weighted by molar-refractivity contribution is 7.89. The van der Waals surface area contributed by atoms with Gasteiger partial charge < -0.3 is 5.32 Å². The molecule has 5 nitrogen and oxygen atoms in total. The largest absolute Gasteiger partial charge is 0.322 e. The molecule has 0 aliphatic heterocycles. The van der Waals surface area contributed by atoms with E-state index in [1.165, 1.54) is 36.4 Å². The average Bonchev–Trinajstić information content (AvgIpc) is 2.43. The van der Waals surface area contributed by atoms with Crippen molar-refractivity contribution in [2.75, 3.05) is 5.32 Å². The van der Waals surface area contributed by atoms with Crippen molar-refractivity contribution in [1.82, 2.24) is 0 Å². The predicted octanol–water partition coefficient (Wildman–Crippen LogP) is 3.55. The summed E-state index contributed by atoms with van der Waals surface area (Å²) in [7, 11) is -3.79. The molecule has 0 saturated carbocycles. The molecule has 0 radical (unpaired) electrons.